The van der Waals surface area contributed by atoms with Crippen LogP contribution in [0.4, 0.5) is 5.95 Å². The van der Waals surface area contributed by atoms with E-state index in [9.17, 15) is 0 Å². The average Bonchev–Trinajstić information content (AvgIpc) is 2.91. The molecule has 0 bridgehead atoms. The van der Waals surface area contributed by atoms with Crippen LogP contribution in [0.2, 0.25) is 0 Å². The fourth-order valence-electron chi connectivity index (χ4n) is 1.35. The van der Waals surface area contributed by atoms with Gasteiger partial charge in [0, 0.05) is 4.47 Å². The minimum absolute atomic E-state index is 0.318. The van der Waals surface area contributed by atoms with E-state index in [-0.39, 0.29) is 0 Å². The number of anilines is 1. The zero-order valence-corrected chi connectivity index (χ0v) is 13.0. The maximum atomic E-state index is 8.48. The van der Waals surface area contributed by atoms with E-state index in [2.05, 4.69) is 41.6 Å². The topological polar surface area (TPSA) is 89.8 Å². The SMILES string of the molecule is CC(=NNc1nc(SCC#N)n[nH]1)c1ccc(Br)cc1. The van der Waals surface area contributed by atoms with Crippen LogP contribution in [0.1, 0.15) is 12.5 Å². The molecular weight excluding hydrogens is 340 g/mol. The smallest absolute Gasteiger partial charge is 0.240 e. The maximum absolute atomic E-state index is 8.48. The second-order valence-electron chi connectivity index (χ2n) is 3.73. The van der Waals surface area contributed by atoms with Gasteiger partial charge in [-0.15, -0.1) is 5.10 Å². The second kappa shape index (κ2) is 7.07. The molecule has 1 aromatic carbocycles. The molecule has 0 aliphatic carbocycles. The number of nitriles is 1. The van der Waals surface area contributed by atoms with Gasteiger partial charge in [0.15, 0.2) is 0 Å². The van der Waals surface area contributed by atoms with Crippen LogP contribution in [-0.4, -0.2) is 26.6 Å². The lowest BCUT2D eigenvalue weighted by Crippen LogP contribution is -2.00. The van der Waals surface area contributed by atoms with Crippen LogP contribution < -0.4 is 5.43 Å². The van der Waals surface area contributed by atoms with Crippen molar-refractivity contribution in [1.29, 1.82) is 5.26 Å². The van der Waals surface area contributed by atoms with E-state index in [1.54, 1.807) is 0 Å². The Morgan fingerprint density at radius 1 is 1.50 bits per heavy atom. The summed E-state index contributed by atoms with van der Waals surface area (Å²) in [5, 5.41) is 19.9. The molecule has 0 saturated carbocycles. The van der Waals surface area contributed by atoms with Crippen molar-refractivity contribution in [2.75, 3.05) is 11.2 Å². The number of nitrogens with zero attached hydrogens (tertiary/aromatic N) is 4. The highest BCUT2D eigenvalue weighted by Crippen LogP contribution is 2.14. The van der Waals surface area contributed by atoms with Crippen LogP contribution in [0.25, 0.3) is 0 Å². The molecule has 0 fully saturated rings. The number of hydrazone groups is 1. The van der Waals surface area contributed by atoms with Gasteiger partial charge >= 0.3 is 0 Å². The standard InChI is InChI=1S/C12H11BrN6S/c1-8(9-2-4-10(13)5-3-9)16-17-11-15-12(19-18-11)20-7-6-14/h2-5H,7H2,1H3,(H2,15,17,18,19). The van der Waals surface area contributed by atoms with Crippen LogP contribution in [0.15, 0.2) is 39.0 Å². The van der Waals surface area contributed by atoms with E-state index in [1.807, 2.05) is 37.3 Å². The van der Waals surface area contributed by atoms with Crippen LogP contribution in [-0.2, 0) is 0 Å². The van der Waals surface area contributed by atoms with Crippen molar-refractivity contribution in [3.8, 4) is 6.07 Å². The lowest BCUT2D eigenvalue weighted by Gasteiger charge is -2.01. The molecule has 0 aliphatic rings. The molecule has 20 heavy (non-hydrogen) atoms. The normalized spacial score (nSPS) is 11.2. The Labute approximate surface area is 128 Å². The molecule has 102 valence electrons. The van der Waals surface area contributed by atoms with E-state index < -0.39 is 0 Å². The zero-order chi connectivity index (χ0) is 14.4. The third-order valence-corrected chi connectivity index (χ3v) is 3.57. The summed E-state index contributed by atoms with van der Waals surface area (Å²) in [6.45, 7) is 1.90. The molecule has 0 unspecified atom stereocenters. The van der Waals surface area contributed by atoms with E-state index in [4.69, 9.17) is 5.26 Å². The van der Waals surface area contributed by atoms with Crippen LogP contribution in [0.3, 0.4) is 0 Å². The predicted molar refractivity (Wildman–Crippen MR) is 82.7 cm³/mol. The number of hydrogen-bond donors (Lipinski definition) is 2. The van der Waals surface area contributed by atoms with E-state index in [0.717, 1.165) is 15.7 Å². The van der Waals surface area contributed by atoms with Crippen molar-refractivity contribution in [2.24, 2.45) is 5.10 Å². The Morgan fingerprint density at radius 3 is 2.95 bits per heavy atom. The van der Waals surface area contributed by atoms with Crippen LogP contribution in [0, 0.1) is 11.3 Å². The molecule has 1 heterocycles. The molecule has 1 aromatic heterocycles. The van der Waals surface area contributed by atoms with Gasteiger partial charge < -0.3 is 0 Å². The first kappa shape index (κ1) is 14.6. The molecule has 8 heteroatoms. The summed E-state index contributed by atoms with van der Waals surface area (Å²) in [6, 6.07) is 9.88. The molecule has 0 radical (unpaired) electrons. The first-order chi connectivity index (χ1) is 9.69. The molecule has 0 spiro atoms. The number of H-pyrrole nitrogens is 1. The quantitative estimate of drug-likeness (QED) is 0.491. The molecule has 6 nitrogen and oxygen atoms in total. The third kappa shape index (κ3) is 4.08. The van der Waals surface area contributed by atoms with E-state index >= 15 is 0 Å². The number of aromatic amines is 1. The van der Waals surface area contributed by atoms with Crippen molar-refractivity contribution in [3.63, 3.8) is 0 Å². The summed E-state index contributed by atoms with van der Waals surface area (Å²) in [7, 11) is 0. The van der Waals surface area contributed by atoms with Gasteiger partial charge in [-0.05, 0) is 24.6 Å². The predicted octanol–water partition coefficient (Wildman–Crippen LogP) is 3.02. The van der Waals surface area contributed by atoms with Gasteiger partial charge in [-0.2, -0.15) is 15.3 Å². The van der Waals surface area contributed by atoms with Gasteiger partial charge in [-0.1, -0.05) is 39.8 Å². The zero-order valence-electron chi connectivity index (χ0n) is 10.6. The monoisotopic (exact) mass is 350 g/mol. The van der Waals surface area contributed by atoms with Gasteiger partial charge in [-0.3, -0.25) is 0 Å². The molecule has 2 N–H and O–H groups in total. The maximum Gasteiger partial charge on any atom is 0.240 e. The van der Waals surface area contributed by atoms with Gasteiger partial charge in [0.05, 0.1) is 17.5 Å². The molecular formula is C12H11BrN6S. The van der Waals surface area contributed by atoms with Crippen molar-refractivity contribution < 1.29 is 0 Å². The summed E-state index contributed by atoms with van der Waals surface area (Å²) >= 11 is 4.65. The summed E-state index contributed by atoms with van der Waals surface area (Å²) in [5.41, 5.74) is 4.65. The highest BCUT2D eigenvalue weighted by Gasteiger charge is 2.03. The average molecular weight is 351 g/mol. The summed E-state index contributed by atoms with van der Waals surface area (Å²) in [6.07, 6.45) is 0. The van der Waals surface area contributed by atoms with Crippen molar-refractivity contribution in [3.05, 3.63) is 34.3 Å². The summed E-state index contributed by atoms with van der Waals surface area (Å²) < 4.78 is 1.02. The number of benzene rings is 1. The Kier molecular flexibility index (Phi) is 5.15. The fraction of sp³-hybridized carbons (Fsp3) is 0.167. The van der Waals surface area contributed by atoms with Gasteiger partial charge in [-0.25, -0.2) is 10.5 Å². The fourth-order valence-corrected chi connectivity index (χ4v) is 2.07. The molecule has 0 amide bonds. The van der Waals surface area contributed by atoms with Gasteiger partial charge in [0.25, 0.3) is 0 Å². The number of hydrogen-bond acceptors (Lipinski definition) is 6. The lowest BCUT2D eigenvalue weighted by atomic mass is 10.1. The highest BCUT2D eigenvalue weighted by atomic mass is 79.9. The summed E-state index contributed by atoms with van der Waals surface area (Å²) in [5.74, 6) is 0.764. The first-order valence-electron chi connectivity index (χ1n) is 5.67. The first-order valence-corrected chi connectivity index (χ1v) is 7.45. The Hall–Kier alpha value is -1.85. The Balaban J connectivity index is 1.99. The Bertz CT molecular complexity index is 643. The number of aromatic nitrogens is 3. The number of nitrogens with one attached hydrogen (secondary N) is 2. The van der Waals surface area contributed by atoms with Crippen molar-refractivity contribution in [2.45, 2.75) is 12.1 Å². The van der Waals surface area contributed by atoms with Crippen molar-refractivity contribution >= 4 is 39.4 Å². The van der Waals surface area contributed by atoms with Gasteiger partial charge in [0.1, 0.15) is 0 Å². The molecule has 0 atom stereocenters. The highest BCUT2D eigenvalue weighted by molar-refractivity contribution is 9.10. The largest absolute Gasteiger partial charge is 0.245 e. The molecule has 0 aliphatic heterocycles. The second-order valence-corrected chi connectivity index (χ2v) is 5.59. The van der Waals surface area contributed by atoms with E-state index in [0.29, 0.717) is 16.9 Å². The number of halogens is 1. The third-order valence-electron chi connectivity index (χ3n) is 2.32. The molecule has 0 saturated heterocycles. The van der Waals surface area contributed by atoms with Crippen LogP contribution >= 0.6 is 27.7 Å². The number of rotatable bonds is 5. The van der Waals surface area contributed by atoms with Crippen LogP contribution in [0.5, 0.6) is 0 Å². The van der Waals surface area contributed by atoms with Gasteiger partial charge in [0.2, 0.25) is 11.1 Å². The molecule has 2 rings (SSSR count). The summed E-state index contributed by atoms with van der Waals surface area (Å²) in [4.78, 5) is 4.15. The lowest BCUT2D eigenvalue weighted by molar-refractivity contribution is 0.974. The minimum Gasteiger partial charge on any atom is -0.245 e. The Morgan fingerprint density at radius 2 is 2.25 bits per heavy atom. The van der Waals surface area contributed by atoms with E-state index in [1.165, 1.54) is 11.8 Å². The van der Waals surface area contributed by atoms with Crippen molar-refractivity contribution in [1.82, 2.24) is 15.2 Å². The number of thioether (sulfide) groups is 1. The minimum atomic E-state index is 0.318. The molecule has 2 aromatic rings.